The minimum absolute atomic E-state index is 0.279. The molecule has 4 rings (SSSR count). The summed E-state index contributed by atoms with van der Waals surface area (Å²) in [4.78, 5) is 22.2. The minimum atomic E-state index is -0.382. The zero-order valence-electron chi connectivity index (χ0n) is 13.4. The van der Waals surface area contributed by atoms with E-state index >= 15 is 0 Å². The van der Waals surface area contributed by atoms with Gasteiger partial charge in [0, 0.05) is 24.5 Å². The van der Waals surface area contributed by atoms with Gasteiger partial charge in [0.2, 0.25) is 5.89 Å². The van der Waals surface area contributed by atoms with Gasteiger partial charge in [0.05, 0.1) is 0 Å². The molecule has 1 aliphatic carbocycles. The van der Waals surface area contributed by atoms with Crippen LogP contribution in [-0.4, -0.2) is 23.8 Å². The Morgan fingerprint density at radius 1 is 1.17 bits per heavy atom. The standard InChI is InChI=1S/C18H20N2O4/c21-17(20-24-14-8-4-5-11-22-14)15-16(12-9-10-12)23-18(19-15)13-6-2-1-3-7-13/h1-3,6-7,12,14H,4-5,8-11H2,(H,20,21). The summed E-state index contributed by atoms with van der Waals surface area (Å²) in [5.41, 5.74) is 3.64. The van der Waals surface area contributed by atoms with Gasteiger partial charge in [0.25, 0.3) is 5.91 Å². The Morgan fingerprint density at radius 2 is 2.00 bits per heavy atom. The number of benzene rings is 1. The average molecular weight is 328 g/mol. The molecule has 1 aliphatic heterocycles. The lowest BCUT2D eigenvalue weighted by molar-refractivity contribution is -0.186. The first-order valence-electron chi connectivity index (χ1n) is 8.45. The molecule has 24 heavy (non-hydrogen) atoms. The molecule has 1 saturated carbocycles. The molecule has 0 radical (unpaired) electrons. The van der Waals surface area contributed by atoms with Crippen molar-refractivity contribution in [2.75, 3.05) is 6.61 Å². The van der Waals surface area contributed by atoms with Crippen molar-refractivity contribution in [3.8, 4) is 11.5 Å². The maximum Gasteiger partial charge on any atom is 0.297 e. The first-order chi connectivity index (χ1) is 11.8. The van der Waals surface area contributed by atoms with E-state index in [1.165, 1.54) is 0 Å². The molecule has 1 N–H and O–H groups in total. The highest BCUT2D eigenvalue weighted by Gasteiger charge is 2.34. The van der Waals surface area contributed by atoms with E-state index in [1.54, 1.807) is 0 Å². The summed E-state index contributed by atoms with van der Waals surface area (Å²) in [5.74, 6) is 1.02. The molecule has 2 aromatic rings. The van der Waals surface area contributed by atoms with Gasteiger partial charge in [-0.15, -0.1) is 0 Å². The number of ether oxygens (including phenoxy) is 1. The number of rotatable bonds is 5. The van der Waals surface area contributed by atoms with E-state index in [1.807, 2.05) is 30.3 Å². The van der Waals surface area contributed by atoms with Gasteiger partial charge in [-0.25, -0.2) is 15.3 Å². The molecule has 2 heterocycles. The molecule has 1 amide bonds. The predicted octanol–water partition coefficient (Wildman–Crippen LogP) is 3.41. The number of hydroxylamine groups is 1. The Morgan fingerprint density at radius 3 is 2.71 bits per heavy atom. The monoisotopic (exact) mass is 328 g/mol. The van der Waals surface area contributed by atoms with Gasteiger partial charge in [-0.3, -0.25) is 4.79 Å². The number of hydrogen-bond acceptors (Lipinski definition) is 5. The van der Waals surface area contributed by atoms with Crippen LogP contribution in [0.5, 0.6) is 0 Å². The Balaban J connectivity index is 1.50. The van der Waals surface area contributed by atoms with Crippen molar-refractivity contribution in [2.24, 2.45) is 0 Å². The lowest BCUT2D eigenvalue weighted by Crippen LogP contribution is -2.33. The predicted molar refractivity (Wildman–Crippen MR) is 86.1 cm³/mol. The maximum absolute atomic E-state index is 12.5. The molecule has 1 saturated heterocycles. The van der Waals surface area contributed by atoms with Crippen LogP contribution in [-0.2, 0) is 9.57 Å². The van der Waals surface area contributed by atoms with E-state index in [0.29, 0.717) is 24.0 Å². The van der Waals surface area contributed by atoms with E-state index in [9.17, 15) is 4.79 Å². The van der Waals surface area contributed by atoms with Gasteiger partial charge >= 0.3 is 0 Å². The van der Waals surface area contributed by atoms with Gasteiger partial charge < -0.3 is 9.15 Å². The van der Waals surface area contributed by atoms with E-state index in [2.05, 4.69) is 10.5 Å². The Labute approximate surface area is 140 Å². The van der Waals surface area contributed by atoms with Crippen LogP contribution >= 0.6 is 0 Å². The van der Waals surface area contributed by atoms with Crippen LogP contribution in [0.15, 0.2) is 34.7 Å². The zero-order valence-corrected chi connectivity index (χ0v) is 13.4. The number of hydrogen-bond donors (Lipinski definition) is 1. The van der Waals surface area contributed by atoms with E-state index in [0.717, 1.165) is 37.7 Å². The van der Waals surface area contributed by atoms with Crippen LogP contribution in [0.2, 0.25) is 0 Å². The number of carbonyl (C=O) groups is 1. The Kier molecular flexibility index (Phi) is 4.32. The third kappa shape index (κ3) is 3.34. The first-order valence-corrected chi connectivity index (χ1v) is 8.45. The molecule has 1 unspecified atom stereocenters. The highest BCUT2D eigenvalue weighted by molar-refractivity contribution is 5.93. The molecule has 1 atom stereocenters. The Hall–Kier alpha value is -2.18. The molecule has 0 spiro atoms. The molecule has 0 bridgehead atoms. The number of aromatic nitrogens is 1. The largest absolute Gasteiger partial charge is 0.440 e. The van der Waals surface area contributed by atoms with Crippen molar-refractivity contribution >= 4 is 5.91 Å². The van der Waals surface area contributed by atoms with Crippen LogP contribution < -0.4 is 5.48 Å². The highest BCUT2D eigenvalue weighted by atomic mass is 16.8. The average Bonchev–Trinajstić information content (AvgIpc) is 3.39. The molecule has 126 valence electrons. The van der Waals surface area contributed by atoms with Crippen molar-refractivity contribution in [2.45, 2.75) is 44.3 Å². The van der Waals surface area contributed by atoms with Gasteiger partial charge in [0.1, 0.15) is 5.76 Å². The molecule has 6 nitrogen and oxygen atoms in total. The topological polar surface area (TPSA) is 73.6 Å². The van der Waals surface area contributed by atoms with E-state index in [-0.39, 0.29) is 18.1 Å². The van der Waals surface area contributed by atoms with Crippen LogP contribution in [0.1, 0.15) is 54.3 Å². The fraction of sp³-hybridized carbons (Fsp3) is 0.444. The molecular weight excluding hydrogens is 308 g/mol. The summed E-state index contributed by atoms with van der Waals surface area (Å²) >= 11 is 0. The molecule has 2 aliphatic rings. The van der Waals surface area contributed by atoms with Gasteiger partial charge in [-0.1, -0.05) is 18.2 Å². The Bertz CT molecular complexity index is 703. The molecule has 6 heteroatoms. The highest BCUT2D eigenvalue weighted by Crippen LogP contribution is 2.43. The summed E-state index contributed by atoms with van der Waals surface area (Å²) in [6.45, 7) is 0.663. The minimum Gasteiger partial charge on any atom is -0.440 e. The number of carbonyl (C=O) groups excluding carboxylic acids is 1. The van der Waals surface area contributed by atoms with Crippen LogP contribution in [0.3, 0.4) is 0 Å². The van der Waals surface area contributed by atoms with E-state index < -0.39 is 0 Å². The smallest absolute Gasteiger partial charge is 0.297 e. The first kappa shape index (κ1) is 15.4. The van der Waals surface area contributed by atoms with Crippen molar-refractivity contribution in [1.29, 1.82) is 0 Å². The van der Waals surface area contributed by atoms with Crippen LogP contribution in [0, 0.1) is 0 Å². The molecule has 2 fully saturated rings. The molecule has 1 aromatic carbocycles. The number of oxazole rings is 1. The number of nitrogens with one attached hydrogen (secondary N) is 1. The second-order valence-electron chi connectivity index (χ2n) is 6.22. The number of amides is 1. The summed E-state index contributed by atoms with van der Waals surface area (Å²) < 4.78 is 11.3. The second kappa shape index (κ2) is 6.75. The maximum atomic E-state index is 12.5. The summed E-state index contributed by atoms with van der Waals surface area (Å²) in [6, 6.07) is 9.59. The normalized spacial score (nSPS) is 20.8. The third-order valence-electron chi connectivity index (χ3n) is 4.26. The van der Waals surface area contributed by atoms with Gasteiger partial charge in [0.15, 0.2) is 12.0 Å². The summed E-state index contributed by atoms with van der Waals surface area (Å²) in [7, 11) is 0. The van der Waals surface area contributed by atoms with E-state index in [4.69, 9.17) is 14.0 Å². The third-order valence-corrected chi connectivity index (χ3v) is 4.26. The van der Waals surface area contributed by atoms with Crippen molar-refractivity contribution in [1.82, 2.24) is 10.5 Å². The lowest BCUT2D eigenvalue weighted by Gasteiger charge is -2.21. The quantitative estimate of drug-likeness (QED) is 0.852. The van der Waals surface area contributed by atoms with Crippen molar-refractivity contribution in [3.05, 3.63) is 41.8 Å². The van der Waals surface area contributed by atoms with Crippen molar-refractivity contribution < 1.29 is 18.8 Å². The van der Waals surface area contributed by atoms with Crippen LogP contribution in [0.4, 0.5) is 0 Å². The van der Waals surface area contributed by atoms with Gasteiger partial charge in [-0.2, -0.15) is 0 Å². The zero-order chi connectivity index (χ0) is 16.4. The van der Waals surface area contributed by atoms with Gasteiger partial charge in [-0.05, 0) is 37.8 Å². The van der Waals surface area contributed by atoms with Crippen molar-refractivity contribution in [3.63, 3.8) is 0 Å². The SMILES string of the molecule is O=C(NOC1CCCCO1)c1nc(-c2ccccc2)oc1C1CC1. The molecular formula is C18H20N2O4. The summed E-state index contributed by atoms with van der Waals surface area (Å²) in [5, 5.41) is 0. The summed E-state index contributed by atoms with van der Waals surface area (Å²) in [6.07, 6.45) is 4.52. The number of nitrogens with zero attached hydrogens (tertiary/aromatic N) is 1. The second-order valence-corrected chi connectivity index (χ2v) is 6.22. The van der Waals surface area contributed by atoms with Crippen LogP contribution in [0.25, 0.3) is 11.5 Å². The lowest BCUT2D eigenvalue weighted by atomic mass is 10.2. The molecule has 1 aromatic heterocycles. The fourth-order valence-electron chi connectivity index (χ4n) is 2.79. The fourth-order valence-corrected chi connectivity index (χ4v) is 2.79.